The van der Waals surface area contributed by atoms with Gasteiger partial charge in [0, 0.05) is 60.0 Å². The summed E-state index contributed by atoms with van der Waals surface area (Å²) in [7, 11) is 0. The molecule has 0 spiro atoms. The Bertz CT molecular complexity index is 1430. The molecule has 0 unspecified atom stereocenters. The molecule has 4 aromatic rings. The number of carbonyl (C=O) groups excluding carboxylic acids is 1. The van der Waals surface area contributed by atoms with E-state index < -0.39 is 0 Å². The molecule has 1 amide bonds. The van der Waals surface area contributed by atoms with Crippen LogP contribution in [0.3, 0.4) is 0 Å². The van der Waals surface area contributed by atoms with Crippen LogP contribution < -0.4 is 15.5 Å². The van der Waals surface area contributed by atoms with Crippen LogP contribution in [0, 0.1) is 11.3 Å². The van der Waals surface area contributed by atoms with E-state index in [-0.39, 0.29) is 30.3 Å². The number of aromatic nitrogens is 3. The van der Waals surface area contributed by atoms with Crippen molar-refractivity contribution in [2.75, 3.05) is 29.9 Å². The summed E-state index contributed by atoms with van der Waals surface area (Å²) in [6.45, 7) is 1.60. The molecule has 1 saturated heterocycles. The predicted octanol–water partition coefficient (Wildman–Crippen LogP) is 4.19. The lowest BCUT2D eigenvalue weighted by Gasteiger charge is -2.34. The molecule has 0 saturated carbocycles. The molecule has 3 heterocycles. The fraction of sp³-hybridized carbons (Fsp3) is 0.214. The molecule has 4 N–H and O–H groups in total. The van der Waals surface area contributed by atoms with E-state index in [1.807, 2.05) is 42.5 Å². The summed E-state index contributed by atoms with van der Waals surface area (Å²) >= 11 is 0. The monoisotopic (exact) mass is 509 g/mol. The summed E-state index contributed by atoms with van der Waals surface area (Å²) in [6, 6.07) is 21.9. The highest BCUT2D eigenvalue weighted by atomic mass is 16.3. The van der Waals surface area contributed by atoms with Crippen LogP contribution in [-0.2, 0) is 0 Å². The van der Waals surface area contributed by atoms with Crippen LogP contribution >= 0.6 is 0 Å². The van der Waals surface area contributed by atoms with Crippen LogP contribution in [0.2, 0.25) is 0 Å². The van der Waals surface area contributed by atoms with E-state index in [1.54, 1.807) is 29.0 Å². The summed E-state index contributed by atoms with van der Waals surface area (Å²) in [5.74, 6) is 0.354. The fourth-order valence-electron chi connectivity index (χ4n) is 4.66. The van der Waals surface area contributed by atoms with Gasteiger partial charge in [0.25, 0.3) is 5.91 Å². The molecule has 10 nitrogen and oxygen atoms in total. The summed E-state index contributed by atoms with van der Waals surface area (Å²) in [6.07, 6.45) is 3.32. The molecule has 2 aromatic carbocycles. The number of piperidine rings is 1. The van der Waals surface area contributed by atoms with Crippen LogP contribution in [0.25, 0.3) is 11.3 Å². The molecule has 5 rings (SSSR count). The quantitative estimate of drug-likeness (QED) is 0.272. The zero-order valence-electron chi connectivity index (χ0n) is 20.6. The van der Waals surface area contributed by atoms with Crippen molar-refractivity contribution in [3.8, 4) is 29.1 Å². The minimum Gasteiger partial charge on any atom is -0.494 e. The van der Waals surface area contributed by atoms with Gasteiger partial charge >= 0.3 is 0 Å². The van der Waals surface area contributed by atoms with Crippen LogP contribution in [0.15, 0.2) is 72.9 Å². The average Bonchev–Trinajstić information content (AvgIpc) is 3.30. The molecule has 0 aliphatic carbocycles. The topological polar surface area (TPSA) is 139 Å². The van der Waals surface area contributed by atoms with Crippen molar-refractivity contribution >= 4 is 23.2 Å². The number of carbonyl (C=O) groups is 1. The number of nitriles is 1. The molecular weight excluding hydrogens is 482 g/mol. The van der Waals surface area contributed by atoms with Crippen LogP contribution in [0.5, 0.6) is 11.8 Å². The van der Waals surface area contributed by atoms with Gasteiger partial charge < -0.3 is 25.7 Å². The van der Waals surface area contributed by atoms with Crippen molar-refractivity contribution in [2.24, 2.45) is 0 Å². The molecule has 0 radical (unpaired) electrons. The van der Waals surface area contributed by atoms with Crippen LogP contribution in [-0.4, -0.2) is 50.3 Å². The maximum Gasteiger partial charge on any atom is 0.252 e. The lowest BCUT2D eigenvalue weighted by molar-refractivity contribution is 0.0958. The van der Waals surface area contributed by atoms with Crippen molar-refractivity contribution in [1.29, 1.82) is 5.26 Å². The molecule has 1 aliphatic rings. The third-order valence-electron chi connectivity index (χ3n) is 6.62. The Morgan fingerprint density at radius 1 is 0.974 bits per heavy atom. The second kappa shape index (κ2) is 10.9. The second-order valence-electron chi connectivity index (χ2n) is 8.99. The zero-order valence-corrected chi connectivity index (χ0v) is 20.6. The molecule has 1 aliphatic heterocycles. The highest BCUT2D eigenvalue weighted by Crippen LogP contribution is 2.34. The van der Waals surface area contributed by atoms with Crippen molar-refractivity contribution in [2.45, 2.75) is 18.9 Å². The molecule has 0 bridgehead atoms. The number of amides is 1. The molecule has 10 heteroatoms. The van der Waals surface area contributed by atoms with Gasteiger partial charge in [-0.2, -0.15) is 5.26 Å². The van der Waals surface area contributed by atoms with Gasteiger partial charge in [-0.3, -0.25) is 9.36 Å². The Balaban J connectivity index is 1.20. The van der Waals surface area contributed by atoms with E-state index in [4.69, 9.17) is 5.26 Å². The number of aromatic hydroxyl groups is 2. The van der Waals surface area contributed by atoms with E-state index in [0.29, 0.717) is 17.2 Å². The number of hydrogen-bond acceptors (Lipinski definition) is 8. The molecule has 0 atom stereocenters. The number of hydrogen-bond donors (Lipinski definition) is 4. The highest BCUT2D eigenvalue weighted by molar-refractivity contribution is 5.94. The van der Waals surface area contributed by atoms with Crippen molar-refractivity contribution in [3.63, 3.8) is 0 Å². The van der Waals surface area contributed by atoms with Crippen molar-refractivity contribution in [3.05, 3.63) is 78.5 Å². The van der Waals surface area contributed by atoms with Crippen LogP contribution in [0.1, 0.15) is 29.2 Å². The third-order valence-corrected chi connectivity index (χ3v) is 6.62. The zero-order chi connectivity index (χ0) is 26.5. The number of benzene rings is 2. The van der Waals surface area contributed by atoms with Gasteiger partial charge in [0.15, 0.2) is 11.8 Å². The second-order valence-corrected chi connectivity index (χ2v) is 8.99. The van der Waals surface area contributed by atoms with E-state index >= 15 is 0 Å². The van der Waals surface area contributed by atoms with Crippen molar-refractivity contribution in [1.82, 2.24) is 19.9 Å². The van der Waals surface area contributed by atoms with E-state index in [0.717, 1.165) is 42.9 Å². The summed E-state index contributed by atoms with van der Waals surface area (Å²) in [4.78, 5) is 23.2. The predicted molar refractivity (Wildman–Crippen MR) is 143 cm³/mol. The van der Waals surface area contributed by atoms with E-state index in [2.05, 4.69) is 25.5 Å². The maximum absolute atomic E-state index is 12.0. The van der Waals surface area contributed by atoms with Gasteiger partial charge in [-0.05, 0) is 55.3 Å². The molecule has 1 fully saturated rings. The summed E-state index contributed by atoms with van der Waals surface area (Å²) in [5, 5.41) is 34.4. The Morgan fingerprint density at radius 3 is 2.32 bits per heavy atom. The smallest absolute Gasteiger partial charge is 0.252 e. The highest BCUT2D eigenvalue weighted by Gasteiger charge is 2.24. The molecular formula is C28H27N7O3. The minimum absolute atomic E-state index is 0.0356. The summed E-state index contributed by atoms with van der Waals surface area (Å²) in [5.41, 5.74) is 3.98. The minimum atomic E-state index is -0.296. The number of nitrogens with one attached hydrogen (secondary N) is 2. The van der Waals surface area contributed by atoms with Gasteiger partial charge in [0.05, 0.1) is 11.8 Å². The van der Waals surface area contributed by atoms with E-state index in [1.165, 1.54) is 12.1 Å². The first kappa shape index (κ1) is 24.6. The molecule has 192 valence electrons. The third kappa shape index (κ3) is 5.37. The van der Waals surface area contributed by atoms with E-state index in [9.17, 15) is 15.0 Å². The van der Waals surface area contributed by atoms with Crippen molar-refractivity contribution < 1.29 is 15.0 Å². The first-order valence-electron chi connectivity index (χ1n) is 12.3. The van der Waals surface area contributed by atoms with Gasteiger partial charge in [-0.15, -0.1) is 0 Å². The van der Waals surface area contributed by atoms with Gasteiger partial charge in [-0.1, -0.05) is 12.1 Å². The van der Waals surface area contributed by atoms with Crippen LogP contribution in [0.4, 0.5) is 17.3 Å². The molecule has 38 heavy (non-hydrogen) atoms. The maximum atomic E-state index is 12.0. The average molecular weight is 510 g/mol. The Labute approximate surface area is 219 Å². The SMILES string of the molecule is N#CCNC(=O)c1ccc(-c2ccnc(Nc3ccc(N4CCC(n5c(O)ccc5O)CC4)cc3)n2)cc1. The number of nitrogens with zero attached hydrogens (tertiary/aromatic N) is 5. The normalized spacial score (nSPS) is 13.6. The Kier molecular flexibility index (Phi) is 7.08. The first-order valence-corrected chi connectivity index (χ1v) is 12.3. The lowest BCUT2D eigenvalue weighted by Crippen LogP contribution is -2.34. The molecule has 2 aromatic heterocycles. The lowest BCUT2D eigenvalue weighted by atomic mass is 10.0. The first-order chi connectivity index (χ1) is 18.5. The standard InChI is InChI=1S/C28H27N7O3/c29-14-16-30-27(38)20-3-1-19(2-4-20)24-11-15-31-28(33-24)32-21-5-7-22(8-6-21)34-17-12-23(13-18-34)35-25(36)9-10-26(35)37/h1-11,15,23,36-37H,12-13,16-18H2,(H,30,38)(H,31,32,33). The van der Waals surface area contributed by atoms with Gasteiger partial charge in [0.1, 0.15) is 6.54 Å². The van der Waals surface area contributed by atoms with Gasteiger partial charge in [-0.25, -0.2) is 9.97 Å². The summed E-state index contributed by atoms with van der Waals surface area (Å²) < 4.78 is 1.60. The largest absolute Gasteiger partial charge is 0.494 e. The number of rotatable bonds is 7. The Hall–Kier alpha value is -5.04. The van der Waals surface area contributed by atoms with Gasteiger partial charge in [0.2, 0.25) is 5.95 Å². The number of anilines is 3. The Morgan fingerprint density at radius 2 is 1.66 bits per heavy atom. The fourth-order valence-corrected chi connectivity index (χ4v) is 4.66.